The molecular weight excluding hydrogens is 819 g/mol. The van der Waals surface area contributed by atoms with E-state index in [1.807, 2.05) is 19.9 Å². The zero-order valence-corrected chi connectivity index (χ0v) is 41.6. The molecule has 7 aromatic carbocycles. The smallest absolute Gasteiger partial charge is 0.0543 e. The van der Waals surface area contributed by atoms with E-state index >= 15 is 0 Å². The summed E-state index contributed by atoms with van der Waals surface area (Å²) in [7, 11) is 0. The van der Waals surface area contributed by atoms with Gasteiger partial charge in [0.15, 0.2) is 0 Å². The number of hydrogen-bond acceptors (Lipinski definition) is 1. The van der Waals surface area contributed by atoms with E-state index in [2.05, 4.69) is 229 Å². The summed E-state index contributed by atoms with van der Waals surface area (Å²) in [6.45, 7) is 21.8. The second-order valence-electron chi connectivity index (χ2n) is 18.9. The van der Waals surface area contributed by atoms with Crippen LogP contribution in [-0.4, -0.2) is 0 Å². The highest BCUT2D eigenvalue weighted by atomic mass is 15.1. The zero-order valence-electron chi connectivity index (χ0n) is 41.6. The van der Waals surface area contributed by atoms with Crippen molar-refractivity contribution >= 4 is 28.2 Å². The van der Waals surface area contributed by atoms with Crippen molar-refractivity contribution in [3.8, 4) is 44.5 Å². The van der Waals surface area contributed by atoms with Crippen LogP contribution in [0.15, 0.2) is 194 Å². The number of unbranched alkanes of at least 4 members (excludes halogenated alkanes) is 1. The van der Waals surface area contributed by atoms with Crippen molar-refractivity contribution in [3.63, 3.8) is 0 Å². The van der Waals surface area contributed by atoms with Crippen molar-refractivity contribution in [3.05, 3.63) is 233 Å². The van der Waals surface area contributed by atoms with E-state index in [0.29, 0.717) is 5.92 Å². The summed E-state index contributed by atoms with van der Waals surface area (Å²) in [6, 6.07) is 55.5. The molecule has 68 heavy (non-hydrogen) atoms. The third-order valence-electron chi connectivity index (χ3n) is 14.5. The molecule has 0 amide bonds. The van der Waals surface area contributed by atoms with E-state index in [0.717, 1.165) is 43.5 Å². The number of rotatable bonds is 13. The average molecular weight is 886 g/mol. The SMILES string of the molecule is C=CC1=C(/C=C\C)c2cc(-c3ccc(N(c4ccc(-c5ccc6c(c5)C(/C=C\CCC)=CC6)cc4)c4ccc(-c5ccccc5C)c5c4-c4ccccc4[C@@H]5CCC)cc3)ccc2C1(C)C.CC. The highest BCUT2D eigenvalue weighted by Crippen LogP contribution is 2.56. The van der Waals surface area contributed by atoms with Crippen molar-refractivity contribution in [2.24, 2.45) is 0 Å². The van der Waals surface area contributed by atoms with Crippen LogP contribution in [0.25, 0.3) is 55.7 Å². The molecule has 3 aliphatic rings. The Labute approximate surface area is 407 Å². The lowest BCUT2D eigenvalue weighted by Crippen LogP contribution is -2.15. The van der Waals surface area contributed by atoms with Crippen LogP contribution in [0, 0.1) is 6.92 Å². The normalized spacial score (nSPS) is 15.2. The average Bonchev–Trinajstić information content (AvgIpc) is 4.00. The summed E-state index contributed by atoms with van der Waals surface area (Å²) in [5.41, 5.74) is 27.1. The quantitative estimate of drug-likeness (QED) is 0.112. The predicted octanol–water partition coefficient (Wildman–Crippen LogP) is 19.5. The third-order valence-corrected chi connectivity index (χ3v) is 14.5. The molecule has 340 valence electrons. The van der Waals surface area contributed by atoms with Crippen LogP contribution in [0.2, 0.25) is 0 Å². The topological polar surface area (TPSA) is 3.24 Å². The van der Waals surface area contributed by atoms with Gasteiger partial charge in [-0.15, -0.1) is 0 Å². The van der Waals surface area contributed by atoms with Gasteiger partial charge >= 0.3 is 0 Å². The second-order valence-corrected chi connectivity index (χ2v) is 18.9. The van der Waals surface area contributed by atoms with Gasteiger partial charge in [-0.1, -0.05) is 201 Å². The monoisotopic (exact) mass is 886 g/mol. The third kappa shape index (κ3) is 8.17. The molecule has 1 atom stereocenters. The maximum Gasteiger partial charge on any atom is 0.0543 e. The molecule has 0 radical (unpaired) electrons. The first kappa shape index (κ1) is 46.2. The van der Waals surface area contributed by atoms with Gasteiger partial charge in [0.1, 0.15) is 0 Å². The lowest BCUT2D eigenvalue weighted by Gasteiger charge is -2.30. The highest BCUT2D eigenvalue weighted by molar-refractivity contribution is 5.99. The summed E-state index contributed by atoms with van der Waals surface area (Å²) in [4.78, 5) is 2.51. The number of aryl methyl sites for hydroxylation is 1. The summed E-state index contributed by atoms with van der Waals surface area (Å²) in [5, 5.41) is 0. The van der Waals surface area contributed by atoms with E-state index in [4.69, 9.17) is 0 Å². The molecule has 7 aromatic rings. The summed E-state index contributed by atoms with van der Waals surface area (Å²) >= 11 is 0. The van der Waals surface area contributed by atoms with Gasteiger partial charge in [0.2, 0.25) is 0 Å². The van der Waals surface area contributed by atoms with Crippen LogP contribution in [0.1, 0.15) is 119 Å². The number of fused-ring (bicyclic) bond motifs is 5. The van der Waals surface area contributed by atoms with Crippen molar-refractivity contribution in [2.75, 3.05) is 4.90 Å². The van der Waals surface area contributed by atoms with Gasteiger partial charge in [0.05, 0.1) is 5.69 Å². The molecule has 10 rings (SSSR count). The molecule has 3 aliphatic carbocycles. The molecule has 0 bridgehead atoms. The molecule has 1 nitrogen and oxygen atoms in total. The molecule has 0 unspecified atom stereocenters. The summed E-state index contributed by atoms with van der Waals surface area (Å²) in [5.74, 6) is 0.311. The lowest BCUT2D eigenvalue weighted by atomic mass is 9.81. The minimum atomic E-state index is -0.0970. The van der Waals surface area contributed by atoms with Gasteiger partial charge < -0.3 is 4.90 Å². The molecule has 0 saturated carbocycles. The van der Waals surface area contributed by atoms with Gasteiger partial charge in [-0.25, -0.2) is 0 Å². The standard InChI is InChI=1S/C65H61N.C2H6/c1-8-12-13-21-46-25-26-47-27-28-48(41-58(46)47)44-29-34-50(35-30-44)66(51-36-31-45(32-37-51)49-33-39-61-59(42-49)54(18-9-2)60(11-4)65(61,6)7)62-40-38-57(52-22-15-14-20-43(52)5)63-55(19-10-3)53-23-16-17-24-56(53)64(62)63;1-2/h9,11,13-18,20-25,27-42,55H,4,8,10,12,19,26H2,1-3,5-7H3;1-2H3/b18-9-,21-13-;/t55-;/m0./s1. The largest absolute Gasteiger partial charge is 0.310 e. The fraction of sp³-hybridized carbons (Fsp3) is 0.224. The van der Waals surface area contributed by atoms with Crippen molar-refractivity contribution in [1.29, 1.82) is 0 Å². The number of benzene rings is 7. The number of allylic oxidation sites excluding steroid dienone is 9. The van der Waals surface area contributed by atoms with Gasteiger partial charge in [-0.2, -0.15) is 0 Å². The van der Waals surface area contributed by atoms with Crippen LogP contribution in [0.5, 0.6) is 0 Å². The van der Waals surface area contributed by atoms with Crippen LogP contribution >= 0.6 is 0 Å². The Morgan fingerprint density at radius 3 is 1.93 bits per heavy atom. The fourth-order valence-corrected chi connectivity index (χ4v) is 11.3. The first-order chi connectivity index (χ1) is 33.2. The summed E-state index contributed by atoms with van der Waals surface area (Å²) < 4.78 is 0. The molecule has 0 heterocycles. The highest BCUT2D eigenvalue weighted by Gasteiger charge is 2.36. The maximum absolute atomic E-state index is 4.23. The van der Waals surface area contributed by atoms with Crippen LogP contribution in [-0.2, 0) is 11.8 Å². The maximum atomic E-state index is 4.23. The number of nitrogens with zero attached hydrogens (tertiary/aromatic N) is 1. The Bertz CT molecular complexity index is 3120. The molecule has 0 spiro atoms. The lowest BCUT2D eigenvalue weighted by molar-refractivity contribution is 0.654. The van der Waals surface area contributed by atoms with Crippen LogP contribution in [0.4, 0.5) is 17.1 Å². The van der Waals surface area contributed by atoms with Gasteiger partial charge in [0, 0.05) is 28.3 Å². The van der Waals surface area contributed by atoms with Crippen molar-refractivity contribution in [2.45, 2.75) is 98.8 Å². The van der Waals surface area contributed by atoms with Crippen molar-refractivity contribution in [1.82, 2.24) is 0 Å². The van der Waals surface area contributed by atoms with Gasteiger partial charge in [-0.05, 0) is 170 Å². The molecule has 0 fully saturated rings. The van der Waals surface area contributed by atoms with E-state index in [1.54, 1.807) is 0 Å². The van der Waals surface area contributed by atoms with E-state index in [9.17, 15) is 0 Å². The van der Waals surface area contributed by atoms with E-state index in [1.165, 1.54) is 106 Å². The molecule has 0 aromatic heterocycles. The number of anilines is 3. The Balaban J connectivity index is 0.00000285. The van der Waals surface area contributed by atoms with Gasteiger partial charge in [-0.3, -0.25) is 0 Å². The first-order valence-electron chi connectivity index (χ1n) is 25.2. The van der Waals surface area contributed by atoms with Gasteiger partial charge in [0.25, 0.3) is 0 Å². The molecule has 0 saturated heterocycles. The molecule has 0 N–H and O–H groups in total. The fourth-order valence-electron chi connectivity index (χ4n) is 11.3. The Morgan fingerprint density at radius 1 is 0.647 bits per heavy atom. The Hall–Kier alpha value is -6.96. The van der Waals surface area contributed by atoms with Crippen LogP contribution in [0.3, 0.4) is 0 Å². The predicted molar refractivity (Wildman–Crippen MR) is 296 cm³/mol. The van der Waals surface area contributed by atoms with Crippen LogP contribution < -0.4 is 4.90 Å². The van der Waals surface area contributed by atoms with Crippen molar-refractivity contribution < 1.29 is 0 Å². The number of hydrogen-bond donors (Lipinski definition) is 0. The minimum absolute atomic E-state index is 0.0970. The summed E-state index contributed by atoms with van der Waals surface area (Å²) in [6.07, 6.45) is 18.9. The zero-order chi connectivity index (χ0) is 47.5. The Kier molecular flexibility index (Phi) is 13.4. The minimum Gasteiger partial charge on any atom is -0.310 e. The molecule has 0 aliphatic heterocycles. The second kappa shape index (κ2) is 19.7. The van der Waals surface area contributed by atoms with E-state index < -0.39 is 0 Å². The molecular formula is C67H67N. The van der Waals surface area contributed by atoms with E-state index in [-0.39, 0.29) is 5.41 Å². The first-order valence-corrected chi connectivity index (χ1v) is 25.2. The molecule has 1 heteroatoms. The Morgan fingerprint density at radius 2 is 1.28 bits per heavy atom.